The second-order valence-electron chi connectivity index (χ2n) is 5.93. The molecule has 0 radical (unpaired) electrons. The van der Waals surface area contributed by atoms with Gasteiger partial charge in [0.1, 0.15) is 11.5 Å². The second kappa shape index (κ2) is 5.72. The number of carbonyl (C=O) groups is 1. The van der Waals surface area contributed by atoms with Crippen LogP contribution in [-0.4, -0.2) is 51.3 Å². The molecule has 0 aromatic carbocycles. The number of H-pyrrole nitrogens is 1. The Morgan fingerprint density at radius 3 is 2.95 bits per heavy atom. The maximum Gasteiger partial charge on any atom is 0.270 e. The predicted octanol–water partition coefficient (Wildman–Crippen LogP) is 2.10. The van der Waals surface area contributed by atoms with E-state index in [0.717, 1.165) is 43.6 Å². The molecule has 1 N–H and O–H groups in total. The van der Waals surface area contributed by atoms with E-state index in [0.29, 0.717) is 11.6 Å². The number of nitrogens with one attached hydrogen (secondary N) is 1. The molecule has 2 aromatic heterocycles. The van der Waals surface area contributed by atoms with Crippen molar-refractivity contribution in [2.45, 2.75) is 25.2 Å². The molecule has 6 nitrogen and oxygen atoms in total. The van der Waals surface area contributed by atoms with Gasteiger partial charge in [-0.05, 0) is 31.4 Å². The van der Waals surface area contributed by atoms with Crippen LogP contribution in [0.4, 0.5) is 5.13 Å². The van der Waals surface area contributed by atoms with Crippen LogP contribution < -0.4 is 4.90 Å². The van der Waals surface area contributed by atoms with Crippen LogP contribution in [0.3, 0.4) is 0 Å². The van der Waals surface area contributed by atoms with Gasteiger partial charge in [-0.25, -0.2) is 4.98 Å². The molecule has 2 fully saturated rings. The second-order valence-corrected chi connectivity index (χ2v) is 6.66. The van der Waals surface area contributed by atoms with Crippen molar-refractivity contribution in [3.63, 3.8) is 0 Å². The normalized spacial score (nSPS) is 19.3. The summed E-state index contributed by atoms with van der Waals surface area (Å²) in [6, 6.07) is 3.69. The monoisotopic (exact) mass is 317 g/mol. The molecular weight excluding hydrogens is 298 g/mol. The lowest BCUT2D eigenvalue weighted by Crippen LogP contribution is -2.35. The first-order chi connectivity index (χ1) is 10.8. The van der Waals surface area contributed by atoms with E-state index in [1.165, 1.54) is 24.4 Å². The quantitative estimate of drug-likeness (QED) is 0.941. The van der Waals surface area contributed by atoms with E-state index in [4.69, 9.17) is 0 Å². The lowest BCUT2D eigenvalue weighted by molar-refractivity contribution is 0.0762. The van der Waals surface area contributed by atoms with E-state index < -0.39 is 0 Å². The number of hydrogen-bond donors (Lipinski definition) is 1. The highest BCUT2D eigenvalue weighted by Gasteiger charge is 2.29. The van der Waals surface area contributed by atoms with Crippen molar-refractivity contribution >= 4 is 22.6 Å². The van der Waals surface area contributed by atoms with Crippen molar-refractivity contribution in [1.29, 1.82) is 0 Å². The van der Waals surface area contributed by atoms with Crippen molar-refractivity contribution in [3.05, 3.63) is 29.8 Å². The van der Waals surface area contributed by atoms with E-state index in [9.17, 15) is 4.79 Å². The van der Waals surface area contributed by atoms with Gasteiger partial charge >= 0.3 is 0 Å². The molecular formula is C15H19N5OS. The molecule has 2 aromatic rings. The van der Waals surface area contributed by atoms with E-state index in [1.54, 1.807) is 6.20 Å². The Balaban J connectivity index is 1.42. The largest absolute Gasteiger partial charge is 0.357 e. The van der Waals surface area contributed by atoms with Crippen LogP contribution in [-0.2, 0) is 0 Å². The fraction of sp³-hybridized carbons (Fsp3) is 0.533. The molecule has 2 aliphatic rings. The molecule has 1 aliphatic carbocycles. The van der Waals surface area contributed by atoms with Crippen LogP contribution in [0.15, 0.2) is 18.3 Å². The molecule has 3 heterocycles. The lowest BCUT2D eigenvalue weighted by atomic mass is 10.3. The summed E-state index contributed by atoms with van der Waals surface area (Å²) in [6.07, 6.45) is 5.21. The summed E-state index contributed by atoms with van der Waals surface area (Å²) in [5.74, 6) is 1.70. The van der Waals surface area contributed by atoms with Crippen molar-refractivity contribution in [3.8, 4) is 0 Å². The zero-order valence-corrected chi connectivity index (χ0v) is 13.2. The SMILES string of the molecule is O=C(c1ccc[nH]1)N1CCCN(c2nc(C3CC3)ns2)CC1. The smallest absolute Gasteiger partial charge is 0.270 e. The maximum absolute atomic E-state index is 12.4. The van der Waals surface area contributed by atoms with Gasteiger partial charge in [0, 0.05) is 49.8 Å². The highest BCUT2D eigenvalue weighted by atomic mass is 32.1. The minimum absolute atomic E-state index is 0.0859. The molecule has 22 heavy (non-hydrogen) atoms. The number of aromatic nitrogens is 3. The third kappa shape index (κ3) is 2.72. The summed E-state index contributed by atoms with van der Waals surface area (Å²) in [4.78, 5) is 24.3. The number of anilines is 1. The number of amides is 1. The summed E-state index contributed by atoms with van der Waals surface area (Å²) in [5, 5.41) is 1.01. The van der Waals surface area contributed by atoms with Crippen LogP contribution in [0.2, 0.25) is 0 Å². The van der Waals surface area contributed by atoms with E-state index in [-0.39, 0.29) is 5.91 Å². The molecule has 0 spiro atoms. The highest BCUT2D eigenvalue weighted by Crippen LogP contribution is 2.39. The van der Waals surface area contributed by atoms with E-state index >= 15 is 0 Å². The zero-order valence-electron chi connectivity index (χ0n) is 12.4. The Bertz CT molecular complexity index is 649. The minimum Gasteiger partial charge on any atom is -0.357 e. The molecule has 1 aliphatic heterocycles. The van der Waals surface area contributed by atoms with Gasteiger partial charge in [0.25, 0.3) is 5.91 Å². The maximum atomic E-state index is 12.4. The molecule has 1 saturated carbocycles. The third-order valence-electron chi connectivity index (χ3n) is 4.26. The number of aromatic amines is 1. The summed E-state index contributed by atoms with van der Waals surface area (Å²) in [5.41, 5.74) is 0.667. The van der Waals surface area contributed by atoms with Crippen LogP contribution in [0, 0.1) is 0 Å². The Morgan fingerprint density at radius 1 is 1.27 bits per heavy atom. The van der Waals surface area contributed by atoms with Gasteiger partial charge < -0.3 is 14.8 Å². The number of carbonyl (C=O) groups excluding carboxylic acids is 1. The highest BCUT2D eigenvalue weighted by molar-refractivity contribution is 7.09. The van der Waals surface area contributed by atoms with Crippen molar-refractivity contribution in [2.24, 2.45) is 0 Å². The standard InChI is InChI=1S/C15H19N5OS/c21-14(12-3-1-6-16-12)19-7-2-8-20(10-9-19)15-17-13(18-22-15)11-4-5-11/h1,3,6,11,16H,2,4-5,7-10H2. The van der Waals surface area contributed by atoms with E-state index in [2.05, 4.69) is 19.2 Å². The molecule has 7 heteroatoms. The van der Waals surface area contributed by atoms with Crippen molar-refractivity contribution in [2.75, 3.05) is 31.1 Å². The van der Waals surface area contributed by atoms with Crippen molar-refractivity contribution in [1.82, 2.24) is 19.2 Å². The molecule has 0 bridgehead atoms. The van der Waals surface area contributed by atoms with Gasteiger partial charge in [-0.15, -0.1) is 0 Å². The van der Waals surface area contributed by atoms with Gasteiger partial charge in [0.2, 0.25) is 5.13 Å². The van der Waals surface area contributed by atoms with Crippen molar-refractivity contribution < 1.29 is 4.79 Å². The first kappa shape index (κ1) is 13.8. The van der Waals surface area contributed by atoms with Crippen LogP contribution in [0.5, 0.6) is 0 Å². The number of hydrogen-bond acceptors (Lipinski definition) is 5. The van der Waals surface area contributed by atoms with Gasteiger partial charge in [-0.3, -0.25) is 4.79 Å². The average Bonchev–Trinajstić information content (AvgIpc) is 3.11. The average molecular weight is 317 g/mol. The summed E-state index contributed by atoms with van der Waals surface area (Å²) in [7, 11) is 0. The molecule has 0 unspecified atom stereocenters. The zero-order chi connectivity index (χ0) is 14.9. The molecule has 1 saturated heterocycles. The third-order valence-corrected chi connectivity index (χ3v) is 5.05. The summed E-state index contributed by atoms with van der Waals surface area (Å²) in [6.45, 7) is 3.29. The van der Waals surface area contributed by atoms with Crippen LogP contribution in [0.25, 0.3) is 0 Å². The van der Waals surface area contributed by atoms with E-state index in [1.807, 2.05) is 17.0 Å². The predicted molar refractivity (Wildman–Crippen MR) is 85.4 cm³/mol. The molecule has 1 amide bonds. The Labute approximate surface area is 133 Å². The van der Waals surface area contributed by atoms with Crippen LogP contribution in [0.1, 0.15) is 41.5 Å². The Hall–Kier alpha value is -1.89. The molecule has 4 rings (SSSR count). The minimum atomic E-state index is 0.0859. The fourth-order valence-electron chi connectivity index (χ4n) is 2.81. The van der Waals surface area contributed by atoms with Gasteiger partial charge in [0.05, 0.1) is 0 Å². The summed E-state index contributed by atoms with van der Waals surface area (Å²) >= 11 is 1.50. The van der Waals surface area contributed by atoms with Gasteiger partial charge in [-0.1, -0.05) is 0 Å². The fourth-order valence-corrected chi connectivity index (χ4v) is 3.61. The number of rotatable bonds is 3. The molecule has 116 valence electrons. The topological polar surface area (TPSA) is 65.1 Å². The van der Waals surface area contributed by atoms with Gasteiger partial charge in [0.15, 0.2) is 0 Å². The Morgan fingerprint density at radius 2 is 2.18 bits per heavy atom. The first-order valence-electron chi connectivity index (χ1n) is 7.82. The summed E-state index contributed by atoms with van der Waals surface area (Å²) < 4.78 is 4.48. The van der Waals surface area contributed by atoms with Crippen LogP contribution >= 0.6 is 11.5 Å². The number of nitrogens with zero attached hydrogens (tertiary/aromatic N) is 4. The first-order valence-corrected chi connectivity index (χ1v) is 8.60. The molecule has 0 atom stereocenters. The lowest BCUT2D eigenvalue weighted by Gasteiger charge is -2.21. The Kier molecular flexibility index (Phi) is 3.57. The van der Waals surface area contributed by atoms with Gasteiger partial charge in [-0.2, -0.15) is 4.37 Å².